The van der Waals surface area contributed by atoms with Gasteiger partial charge in [0.25, 0.3) is 5.56 Å². The van der Waals surface area contributed by atoms with Crippen molar-refractivity contribution >= 4 is 17.3 Å². The highest BCUT2D eigenvalue weighted by Crippen LogP contribution is 2.10. The molecule has 0 aliphatic carbocycles. The molecule has 1 heterocycles. The van der Waals surface area contributed by atoms with Crippen LogP contribution >= 0.6 is 11.6 Å². The van der Waals surface area contributed by atoms with E-state index in [0.717, 1.165) is 16.6 Å². The average Bonchev–Trinajstić information content (AvgIpc) is 2.41. The molecule has 0 radical (unpaired) electrons. The number of nitrogens with zero attached hydrogens (tertiary/aromatic N) is 2. The molecular formula is C14H16ClN3O2. The van der Waals surface area contributed by atoms with Crippen molar-refractivity contribution in [3.63, 3.8) is 0 Å². The highest BCUT2D eigenvalue weighted by molar-refractivity contribution is 6.30. The Morgan fingerprint density at radius 1 is 1.30 bits per heavy atom. The third-order valence-corrected chi connectivity index (χ3v) is 3.19. The lowest BCUT2D eigenvalue weighted by molar-refractivity contribution is 0.573. The molecule has 5 nitrogen and oxygen atoms in total. The van der Waals surface area contributed by atoms with Gasteiger partial charge in [0.1, 0.15) is 5.69 Å². The van der Waals surface area contributed by atoms with Gasteiger partial charge >= 0.3 is 5.69 Å². The number of benzene rings is 1. The lowest BCUT2D eigenvalue weighted by atomic mass is 10.2. The third-order valence-electron chi connectivity index (χ3n) is 2.96. The van der Waals surface area contributed by atoms with Crippen molar-refractivity contribution in [3.05, 3.63) is 61.9 Å². The Morgan fingerprint density at radius 2 is 2.05 bits per heavy atom. The molecule has 0 saturated carbocycles. The highest BCUT2D eigenvalue weighted by Gasteiger charge is 2.09. The first kappa shape index (κ1) is 14.4. The Labute approximate surface area is 121 Å². The second-order valence-corrected chi connectivity index (χ2v) is 5.02. The molecule has 0 bridgehead atoms. The summed E-state index contributed by atoms with van der Waals surface area (Å²) in [6.07, 6.45) is 2.19. The Hall–Kier alpha value is -2.01. The largest absolute Gasteiger partial charge is 0.393 e. The van der Waals surface area contributed by atoms with Crippen LogP contribution < -0.4 is 17.0 Å². The number of rotatable bonds is 4. The van der Waals surface area contributed by atoms with Crippen molar-refractivity contribution in [1.82, 2.24) is 9.13 Å². The van der Waals surface area contributed by atoms with E-state index in [0.29, 0.717) is 11.6 Å². The highest BCUT2D eigenvalue weighted by atomic mass is 35.5. The monoisotopic (exact) mass is 293 g/mol. The van der Waals surface area contributed by atoms with Gasteiger partial charge < -0.3 is 5.73 Å². The number of nitrogens with two attached hydrogens (primary N) is 1. The first-order chi connectivity index (χ1) is 9.52. The van der Waals surface area contributed by atoms with Gasteiger partial charge in [-0.25, -0.2) is 4.79 Å². The van der Waals surface area contributed by atoms with Crippen LogP contribution in [0.2, 0.25) is 5.02 Å². The van der Waals surface area contributed by atoms with Gasteiger partial charge in [0.15, 0.2) is 0 Å². The van der Waals surface area contributed by atoms with Crippen molar-refractivity contribution in [2.75, 3.05) is 5.73 Å². The molecule has 0 aliphatic heterocycles. The summed E-state index contributed by atoms with van der Waals surface area (Å²) >= 11 is 5.91. The maximum Gasteiger partial charge on any atom is 0.331 e. The quantitative estimate of drug-likeness (QED) is 0.933. The SMILES string of the molecule is CCCn1cc(N)c(=O)n(Cc2cccc(Cl)c2)c1=O. The molecule has 0 saturated heterocycles. The van der Waals surface area contributed by atoms with Crippen LogP contribution in [0.3, 0.4) is 0 Å². The lowest BCUT2D eigenvalue weighted by Gasteiger charge is -2.11. The van der Waals surface area contributed by atoms with Gasteiger partial charge in [0, 0.05) is 17.8 Å². The Balaban J connectivity index is 2.51. The van der Waals surface area contributed by atoms with Gasteiger partial charge in [-0.3, -0.25) is 13.9 Å². The second kappa shape index (κ2) is 5.96. The molecule has 6 heteroatoms. The Kier molecular flexibility index (Phi) is 4.29. The molecular weight excluding hydrogens is 278 g/mol. The molecule has 0 atom stereocenters. The molecule has 0 fully saturated rings. The molecule has 2 N–H and O–H groups in total. The van der Waals surface area contributed by atoms with Crippen LogP contribution in [0, 0.1) is 0 Å². The minimum Gasteiger partial charge on any atom is -0.393 e. The van der Waals surface area contributed by atoms with E-state index in [1.165, 1.54) is 10.8 Å². The van der Waals surface area contributed by atoms with Crippen LogP contribution in [-0.2, 0) is 13.1 Å². The zero-order valence-corrected chi connectivity index (χ0v) is 11.9. The van der Waals surface area contributed by atoms with Crippen LogP contribution in [-0.4, -0.2) is 9.13 Å². The van der Waals surface area contributed by atoms with E-state index in [9.17, 15) is 9.59 Å². The zero-order valence-electron chi connectivity index (χ0n) is 11.2. The maximum atomic E-state index is 12.3. The number of nitrogen functional groups attached to an aromatic ring is 1. The van der Waals surface area contributed by atoms with Gasteiger partial charge in [0.05, 0.1) is 6.54 Å². The second-order valence-electron chi connectivity index (χ2n) is 4.58. The predicted molar refractivity (Wildman–Crippen MR) is 80.2 cm³/mol. The maximum absolute atomic E-state index is 12.3. The summed E-state index contributed by atoms with van der Waals surface area (Å²) in [4.78, 5) is 24.3. The van der Waals surface area contributed by atoms with E-state index in [1.54, 1.807) is 18.2 Å². The van der Waals surface area contributed by atoms with Gasteiger partial charge in [-0.1, -0.05) is 30.7 Å². The number of halogens is 1. The summed E-state index contributed by atoms with van der Waals surface area (Å²) in [5.74, 6) is 0. The van der Waals surface area contributed by atoms with Crippen molar-refractivity contribution in [2.24, 2.45) is 0 Å². The van der Waals surface area contributed by atoms with Gasteiger partial charge in [0.2, 0.25) is 0 Å². The standard InChI is InChI=1S/C14H16ClN3O2/c1-2-6-17-9-12(16)13(19)18(14(17)20)8-10-4-3-5-11(15)7-10/h3-5,7,9H,2,6,8,16H2,1H3. The average molecular weight is 294 g/mol. The van der Waals surface area contributed by atoms with E-state index in [-0.39, 0.29) is 17.9 Å². The summed E-state index contributed by atoms with van der Waals surface area (Å²) in [5.41, 5.74) is 5.71. The Bertz CT molecular complexity index is 734. The van der Waals surface area contributed by atoms with E-state index in [4.69, 9.17) is 17.3 Å². The lowest BCUT2D eigenvalue weighted by Crippen LogP contribution is -2.40. The summed E-state index contributed by atoms with van der Waals surface area (Å²) in [6.45, 7) is 2.64. The summed E-state index contributed by atoms with van der Waals surface area (Å²) < 4.78 is 2.60. The summed E-state index contributed by atoms with van der Waals surface area (Å²) in [7, 11) is 0. The van der Waals surface area contributed by atoms with Crippen LogP contribution in [0.25, 0.3) is 0 Å². The van der Waals surface area contributed by atoms with Crippen molar-refractivity contribution < 1.29 is 0 Å². The molecule has 0 amide bonds. The van der Waals surface area contributed by atoms with Crippen LogP contribution in [0.5, 0.6) is 0 Å². The number of hydrogen-bond donors (Lipinski definition) is 1. The molecule has 1 aromatic heterocycles. The Morgan fingerprint density at radius 3 is 2.70 bits per heavy atom. The van der Waals surface area contributed by atoms with Crippen LogP contribution in [0.1, 0.15) is 18.9 Å². The molecule has 0 aliphatic rings. The van der Waals surface area contributed by atoms with Gasteiger partial charge in [-0.05, 0) is 24.1 Å². The fourth-order valence-corrected chi connectivity index (χ4v) is 2.25. The molecule has 0 unspecified atom stereocenters. The number of aryl methyl sites for hydroxylation is 1. The number of anilines is 1. The van der Waals surface area contributed by atoms with Crippen molar-refractivity contribution in [2.45, 2.75) is 26.4 Å². The molecule has 106 valence electrons. The molecule has 2 rings (SSSR count). The predicted octanol–water partition coefficient (Wildman–Crippen LogP) is 1.70. The molecule has 2 aromatic rings. The van der Waals surface area contributed by atoms with Crippen LogP contribution in [0.4, 0.5) is 5.69 Å². The minimum atomic E-state index is -0.470. The van der Waals surface area contributed by atoms with Crippen LogP contribution in [0.15, 0.2) is 40.1 Å². The van der Waals surface area contributed by atoms with E-state index in [2.05, 4.69) is 0 Å². The van der Waals surface area contributed by atoms with E-state index >= 15 is 0 Å². The zero-order chi connectivity index (χ0) is 14.7. The first-order valence-corrected chi connectivity index (χ1v) is 6.75. The van der Waals surface area contributed by atoms with Crippen molar-refractivity contribution in [3.8, 4) is 0 Å². The fraction of sp³-hybridized carbons (Fsp3) is 0.286. The molecule has 0 spiro atoms. The fourth-order valence-electron chi connectivity index (χ4n) is 2.03. The first-order valence-electron chi connectivity index (χ1n) is 6.37. The number of hydrogen-bond acceptors (Lipinski definition) is 3. The minimum absolute atomic E-state index is 0.0695. The van der Waals surface area contributed by atoms with Gasteiger partial charge in [-0.15, -0.1) is 0 Å². The smallest absolute Gasteiger partial charge is 0.331 e. The topological polar surface area (TPSA) is 70.0 Å². The molecule has 20 heavy (non-hydrogen) atoms. The summed E-state index contributed by atoms with van der Waals surface area (Å²) in [5, 5.41) is 0.563. The van der Waals surface area contributed by atoms with E-state index < -0.39 is 5.56 Å². The van der Waals surface area contributed by atoms with Gasteiger partial charge in [-0.2, -0.15) is 0 Å². The van der Waals surface area contributed by atoms with E-state index in [1.807, 2.05) is 13.0 Å². The normalized spacial score (nSPS) is 10.7. The number of aromatic nitrogens is 2. The summed E-state index contributed by atoms with van der Waals surface area (Å²) in [6, 6.07) is 7.05. The van der Waals surface area contributed by atoms with Crippen molar-refractivity contribution in [1.29, 1.82) is 0 Å². The third kappa shape index (κ3) is 2.93. The molecule has 1 aromatic carbocycles.